The molecule has 0 fully saturated rings. The molecule has 0 unspecified atom stereocenters. The van der Waals surface area contributed by atoms with E-state index >= 15 is 0 Å². The Morgan fingerprint density at radius 2 is 1.54 bits per heavy atom. The van der Waals surface area contributed by atoms with Crippen molar-refractivity contribution in [2.75, 3.05) is 0 Å². The van der Waals surface area contributed by atoms with Gasteiger partial charge in [0.25, 0.3) is 0 Å². The molecule has 0 bridgehead atoms. The third-order valence-corrected chi connectivity index (χ3v) is 4.35. The normalized spacial score (nSPS) is 11.2. The largest absolute Gasteiger partial charge is 0.505 e. The van der Waals surface area contributed by atoms with Gasteiger partial charge in [-0.3, -0.25) is 0 Å². The highest BCUT2D eigenvalue weighted by Gasteiger charge is 2.14. The van der Waals surface area contributed by atoms with Crippen molar-refractivity contribution in [2.45, 2.75) is 52.4 Å². The van der Waals surface area contributed by atoms with E-state index in [9.17, 15) is 5.11 Å². The molecule has 126 valence electrons. The van der Waals surface area contributed by atoms with Crippen LogP contribution in [0.4, 0.5) is 0 Å². The summed E-state index contributed by atoms with van der Waals surface area (Å²) < 4.78 is 0. The van der Waals surface area contributed by atoms with Gasteiger partial charge in [-0.25, -0.2) is 0 Å². The predicted octanol–water partition coefficient (Wildman–Crippen LogP) is 4.81. The smallest absolute Gasteiger partial charge is 0.146 e. The second-order valence-corrected chi connectivity index (χ2v) is 6.31. The van der Waals surface area contributed by atoms with Crippen LogP contribution in [-0.2, 0) is 12.8 Å². The zero-order valence-corrected chi connectivity index (χ0v) is 14.5. The summed E-state index contributed by atoms with van der Waals surface area (Å²) in [5, 5.41) is 19.8. The molecule has 1 heterocycles. The fraction of sp³-hybridized carbons (Fsp3) is 0.400. The first-order valence-electron chi connectivity index (χ1n) is 8.90. The zero-order chi connectivity index (χ0) is 16.9. The van der Waals surface area contributed by atoms with Gasteiger partial charge in [0.15, 0.2) is 0 Å². The molecular formula is C20H25N3O. The van der Waals surface area contributed by atoms with Crippen molar-refractivity contribution in [1.82, 2.24) is 15.0 Å². The maximum absolute atomic E-state index is 10.7. The third kappa shape index (κ3) is 3.42. The van der Waals surface area contributed by atoms with Crippen molar-refractivity contribution in [2.24, 2.45) is 0 Å². The Labute approximate surface area is 143 Å². The first kappa shape index (κ1) is 16.5. The van der Waals surface area contributed by atoms with E-state index in [2.05, 4.69) is 30.1 Å². The molecule has 4 heteroatoms. The molecule has 0 aliphatic heterocycles. The van der Waals surface area contributed by atoms with Crippen LogP contribution in [0.3, 0.4) is 0 Å². The number of nitrogens with zero attached hydrogens (tertiary/aromatic N) is 3. The van der Waals surface area contributed by atoms with Gasteiger partial charge in [-0.2, -0.15) is 0 Å². The number of phenols is 1. The first-order chi connectivity index (χ1) is 11.7. The quantitative estimate of drug-likeness (QED) is 0.678. The maximum Gasteiger partial charge on any atom is 0.146 e. The highest BCUT2D eigenvalue weighted by Crippen LogP contribution is 2.30. The Morgan fingerprint density at radius 3 is 2.17 bits per heavy atom. The summed E-state index contributed by atoms with van der Waals surface area (Å²) in [6.45, 7) is 4.36. The molecule has 0 atom stereocenters. The third-order valence-electron chi connectivity index (χ3n) is 4.35. The molecule has 3 rings (SSSR count). The Morgan fingerprint density at radius 1 is 0.917 bits per heavy atom. The summed E-state index contributed by atoms with van der Waals surface area (Å²) in [5.74, 6) is 0.309. The number of aromatic hydroxyl groups is 1. The van der Waals surface area contributed by atoms with Crippen molar-refractivity contribution in [3.05, 3.63) is 47.5 Å². The van der Waals surface area contributed by atoms with E-state index in [1.165, 1.54) is 5.56 Å². The zero-order valence-electron chi connectivity index (χ0n) is 14.5. The van der Waals surface area contributed by atoms with Crippen molar-refractivity contribution >= 4 is 11.0 Å². The molecule has 4 nitrogen and oxygen atoms in total. The number of hydrogen-bond acceptors (Lipinski definition) is 3. The van der Waals surface area contributed by atoms with Crippen LogP contribution in [0.15, 0.2) is 36.4 Å². The minimum Gasteiger partial charge on any atom is -0.505 e. The summed E-state index contributed by atoms with van der Waals surface area (Å²) in [6.07, 6.45) is 6.38. The Hall–Kier alpha value is -2.36. The molecule has 3 aromatic rings. The summed E-state index contributed by atoms with van der Waals surface area (Å²) in [6, 6.07) is 12.0. The standard InChI is InChI=1S/C20H25N3O/c1-3-5-9-15-13-16(10-6-4-2)20(24)19(14-15)23-21-17-11-7-8-12-18(17)22-23/h7-8,11-14,24H,3-6,9-10H2,1-2H3. The van der Waals surface area contributed by atoms with E-state index < -0.39 is 0 Å². The molecular weight excluding hydrogens is 298 g/mol. The van der Waals surface area contributed by atoms with Gasteiger partial charge in [0.1, 0.15) is 22.5 Å². The number of aryl methyl sites for hydroxylation is 2. The number of phenolic OH excluding ortho intramolecular Hbond substituents is 1. The van der Waals surface area contributed by atoms with E-state index in [1.807, 2.05) is 30.3 Å². The number of benzene rings is 2. The molecule has 2 aromatic carbocycles. The fourth-order valence-electron chi connectivity index (χ4n) is 2.95. The lowest BCUT2D eigenvalue weighted by Gasteiger charge is -2.12. The van der Waals surface area contributed by atoms with Gasteiger partial charge >= 0.3 is 0 Å². The van der Waals surface area contributed by atoms with E-state index in [4.69, 9.17) is 0 Å². The van der Waals surface area contributed by atoms with Gasteiger partial charge in [0.05, 0.1) is 0 Å². The van der Waals surface area contributed by atoms with Crippen LogP contribution in [-0.4, -0.2) is 20.1 Å². The highest BCUT2D eigenvalue weighted by atomic mass is 16.3. The van der Waals surface area contributed by atoms with Crippen LogP contribution in [0.2, 0.25) is 0 Å². The average Bonchev–Trinajstić information content (AvgIpc) is 3.03. The van der Waals surface area contributed by atoms with Gasteiger partial charge in [-0.05, 0) is 55.0 Å². The molecule has 0 aliphatic rings. The summed E-state index contributed by atoms with van der Waals surface area (Å²) in [5.41, 5.74) is 4.61. The topological polar surface area (TPSA) is 50.9 Å². The molecule has 0 amide bonds. The lowest BCUT2D eigenvalue weighted by atomic mass is 10.00. The number of hydrogen-bond donors (Lipinski definition) is 1. The van der Waals surface area contributed by atoms with E-state index in [1.54, 1.807) is 4.80 Å². The van der Waals surface area contributed by atoms with Crippen LogP contribution in [0.5, 0.6) is 5.75 Å². The van der Waals surface area contributed by atoms with Gasteiger partial charge in [-0.15, -0.1) is 15.0 Å². The molecule has 24 heavy (non-hydrogen) atoms. The van der Waals surface area contributed by atoms with E-state index in [0.29, 0.717) is 11.4 Å². The monoisotopic (exact) mass is 323 g/mol. The highest BCUT2D eigenvalue weighted by molar-refractivity contribution is 5.73. The average molecular weight is 323 g/mol. The molecule has 0 aliphatic carbocycles. The van der Waals surface area contributed by atoms with Gasteiger partial charge in [0.2, 0.25) is 0 Å². The van der Waals surface area contributed by atoms with Crippen LogP contribution in [0.25, 0.3) is 16.7 Å². The van der Waals surface area contributed by atoms with Crippen LogP contribution in [0, 0.1) is 0 Å². The molecule has 0 saturated heterocycles. The number of aromatic nitrogens is 3. The number of rotatable bonds is 7. The molecule has 0 saturated carbocycles. The second-order valence-electron chi connectivity index (χ2n) is 6.31. The summed E-state index contributed by atoms with van der Waals surface area (Å²) in [7, 11) is 0. The molecule has 1 N–H and O–H groups in total. The van der Waals surface area contributed by atoms with Crippen molar-refractivity contribution in [3.8, 4) is 11.4 Å². The Bertz CT molecular complexity index is 790. The lowest BCUT2D eigenvalue weighted by molar-refractivity contribution is 0.459. The minimum absolute atomic E-state index is 0.309. The van der Waals surface area contributed by atoms with Gasteiger partial charge < -0.3 is 5.11 Å². The van der Waals surface area contributed by atoms with Crippen molar-refractivity contribution < 1.29 is 5.11 Å². The number of unbranched alkanes of at least 4 members (excludes halogenated alkanes) is 2. The SMILES string of the molecule is CCCCc1cc(CCCC)c(O)c(-n2nc3ccccc3n2)c1. The molecule has 0 radical (unpaired) electrons. The van der Waals surface area contributed by atoms with Crippen LogP contribution >= 0.6 is 0 Å². The number of fused-ring (bicyclic) bond motifs is 1. The van der Waals surface area contributed by atoms with E-state index in [0.717, 1.165) is 55.1 Å². The Kier molecular flexibility index (Phi) is 5.14. The summed E-state index contributed by atoms with van der Waals surface area (Å²) in [4.78, 5) is 1.57. The Balaban J connectivity index is 2.06. The maximum atomic E-state index is 10.7. The summed E-state index contributed by atoms with van der Waals surface area (Å²) >= 11 is 0. The molecule has 1 aromatic heterocycles. The van der Waals surface area contributed by atoms with Crippen LogP contribution in [0.1, 0.15) is 50.7 Å². The first-order valence-corrected chi connectivity index (χ1v) is 8.90. The fourth-order valence-corrected chi connectivity index (χ4v) is 2.95. The molecule has 0 spiro atoms. The van der Waals surface area contributed by atoms with E-state index in [-0.39, 0.29) is 0 Å². The minimum atomic E-state index is 0.309. The van der Waals surface area contributed by atoms with Gasteiger partial charge in [-0.1, -0.05) is 44.9 Å². The van der Waals surface area contributed by atoms with Crippen molar-refractivity contribution in [1.29, 1.82) is 0 Å². The predicted molar refractivity (Wildman–Crippen MR) is 97.8 cm³/mol. The van der Waals surface area contributed by atoms with Crippen LogP contribution < -0.4 is 0 Å². The lowest BCUT2D eigenvalue weighted by Crippen LogP contribution is -2.03. The second kappa shape index (κ2) is 7.47. The van der Waals surface area contributed by atoms with Gasteiger partial charge in [0, 0.05) is 0 Å². The van der Waals surface area contributed by atoms with Crippen molar-refractivity contribution in [3.63, 3.8) is 0 Å².